The summed E-state index contributed by atoms with van der Waals surface area (Å²) in [6, 6.07) is 1.75. The molecule has 5 rings (SSSR count). The number of allylic oxidation sites excluding steroid dienone is 3. The maximum Gasteiger partial charge on any atom is 0.446 e. The maximum atomic E-state index is 16.4. The van der Waals surface area contributed by atoms with E-state index in [1.165, 1.54) is 0 Å². The van der Waals surface area contributed by atoms with Gasteiger partial charge in [0.05, 0.1) is 29.8 Å². The average molecular weight is 813 g/mol. The first-order chi connectivity index (χ1) is 25.1. The van der Waals surface area contributed by atoms with Crippen molar-refractivity contribution in [2.45, 2.75) is 33.6 Å². The van der Waals surface area contributed by atoms with Gasteiger partial charge in [-0.1, -0.05) is 0 Å². The van der Waals surface area contributed by atoms with Crippen molar-refractivity contribution in [2.75, 3.05) is 0 Å². The number of hydrogen-bond acceptors (Lipinski definition) is 4. The van der Waals surface area contributed by atoms with Crippen molar-refractivity contribution >= 4 is 52.1 Å². The van der Waals surface area contributed by atoms with E-state index < -0.39 is 182 Å². The Bertz CT molecular complexity index is 2390. The van der Waals surface area contributed by atoms with Crippen LogP contribution in [0.1, 0.15) is 27.8 Å². The van der Waals surface area contributed by atoms with E-state index >= 15 is 8.78 Å². The highest BCUT2D eigenvalue weighted by Gasteiger charge is 2.43. The molecular weight excluding hydrogens is 808 g/mol. The molecule has 0 spiro atoms. The lowest BCUT2D eigenvalue weighted by Crippen LogP contribution is -2.26. The van der Waals surface area contributed by atoms with Crippen molar-refractivity contribution in [3.05, 3.63) is 119 Å². The van der Waals surface area contributed by atoms with E-state index in [-0.39, 0.29) is 0 Å². The zero-order valence-electron chi connectivity index (χ0n) is 25.1. The van der Waals surface area contributed by atoms with E-state index in [0.717, 1.165) is 12.1 Å². The number of nitriles is 2. The molecule has 0 bridgehead atoms. The molecule has 0 amide bonds. The number of halogens is 16. The summed E-state index contributed by atoms with van der Waals surface area (Å²) in [5.74, 6) is -23.9. The largest absolute Gasteiger partial charge is 0.446 e. The lowest BCUT2D eigenvalue weighted by atomic mass is 9.96. The fraction of sp³-hybridized carbons (Fsp3) is 0.125. The van der Waals surface area contributed by atoms with Crippen LogP contribution in [0.15, 0.2) is 20.9 Å². The quantitative estimate of drug-likeness (QED) is 0.0866. The summed E-state index contributed by atoms with van der Waals surface area (Å²) in [5, 5.41) is 15.5. The first kappa shape index (κ1) is 39.6. The van der Waals surface area contributed by atoms with Crippen LogP contribution in [0.3, 0.4) is 0 Å². The number of nitrogens with zero attached hydrogens (tertiary/aromatic N) is 4. The molecule has 3 aromatic rings. The second-order valence-corrected chi connectivity index (χ2v) is 12.7. The van der Waals surface area contributed by atoms with Gasteiger partial charge in [-0.3, -0.25) is 0 Å². The van der Waals surface area contributed by atoms with Crippen LogP contribution in [0.2, 0.25) is 0 Å². The molecule has 22 heteroatoms. The molecular formula is C32H4F16N4S2. The van der Waals surface area contributed by atoms with Crippen molar-refractivity contribution in [3.63, 3.8) is 0 Å². The second kappa shape index (κ2) is 13.7. The average Bonchev–Trinajstić information content (AvgIpc) is 3.61. The molecule has 0 radical (unpaired) electrons. The van der Waals surface area contributed by atoms with Gasteiger partial charge in [0.2, 0.25) is 5.70 Å². The van der Waals surface area contributed by atoms with Gasteiger partial charge in [0.15, 0.2) is 34.9 Å². The molecule has 0 N–H and O–H groups in total. The minimum atomic E-state index is -5.55. The van der Waals surface area contributed by atoms with Gasteiger partial charge in [0, 0.05) is 32.2 Å². The van der Waals surface area contributed by atoms with Gasteiger partial charge in [-0.05, 0) is 46.6 Å². The van der Waals surface area contributed by atoms with Crippen LogP contribution in [0.4, 0.5) is 75.9 Å². The molecule has 2 aliphatic carbocycles. The Balaban J connectivity index is 1.98. The second-order valence-electron chi connectivity index (χ2n) is 10.6. The van der Waals surface area contributed by atoms with Crippen LogP contribution in [0, 0.1) is 82.3 Å². The van der Waals surface area contributed by atoms with Crippen LogP contribution in [-0.4, -0.2) is 11.0 Å². The molecule has 276 valence electrons. The predicted octanol–water partition coefficient (Wildman–Crippen LogP) is 10.0. The Kier molecular flexibility index (Phi) is 10.0. The molecule has 4 nitrogen and oxygen atoms in total. The third-order valence-electron chi connectivity index (χ3n) is 7.74. The summed E-state index contributed by atoms with van der Waals surface area (Å²) in [6.07, 6.45) is -3.13. The Morgan fingerprint density at radius 2 is 1.00 bits per heavy atom. The predicted molar refractivity (Wildman–Crippen MR) is 156 cm³/mol. The van der Waals surface area contributed by atoms with Gasteiger partial charge >= 0.3 is 11.0 Å². The maximum absolute atomic E-state index is 16.4. The van der Waals surface area contributed by atoms with Crippen molar-refractivity contribution in [3.8, 4) is 12.1 Å². The van der Waals surface area contributed by atoms with E-state index in [0.29, 0.717) is 0 Å². The Labute approximate surface area is 297 Å². The van der Waals surface area contributed by atoms with Gasteiger partial charge in [-0.15, -0.1) is 0 Å². The van der Waals surface area contributed by atoms with E-state index in [1.807, 2.05) is 0 Å². The molecule has 0 atom stereocenters. The third kappa shape index (κ3) is 6.19. The van der Waals surface area contributed by atoms with Crippen molar-refractivity contribution in [1.29, 1.82) is 10.5 Å². The van der Waals surface area contributed by atoms with Gasteiger partial charge in [-0.2, -0.15) is 36.9 Å². The Hall–Kier alpha value is -5.58. The number of rotatable bonds is 4. The summed E-state index contributed by atoms with van der Waals surface area (Å²) in [6.45, 7) is 14.1. The first-order valence-corrected chi connectivity index (χ1v) is 15.2. The fourth-order valence-corrected chi connectivity index (χ4v) is 7.37. The minimum absolute atomic E-state index is 0.775. The molecule has 54 heavy (non-hydrogen) atoms. The summed E-state index contributed by atoms with van der Waals surface area (Å²) in [4.78, 5) is 1.79. The monoisotopic (exact) mass is 812 g/mol. The zero-order chi connectivity index (χ0) is 40.5. The van der Waals surface area contributed by atoms with Crippen LogP contribution >= 0.6 is 23.5 Å². The molecule has 0 heterocycles. The number of fused-ring (bicyclic) bond motifs is 2. The molecule has 0 aromatic heterocycles. The van der Waals surface area contributed by atoms with Gasteiger partial charge in [0.25, 0.3) is 5.69 Å². The highest BCUT2D eigenvalue weighted by molar-refractivity contribution is 8.00. The van der Waals surface area contributed by atoms with E-state index in [2.05, 4.69) is 9.69 Å². The highest BCUT2D eigenvalue weighted by atomic mass is 32.2. The molecule has 2 aliphatic rings. The van der Waals surface area contributed by atoms with Crippen LogP contribution in [0.5, 0.6) is 0 Å². The lowest BCUT2D eigenvalue weighted by Gasteiger charge is -2.16. The first-order valence-electron chi connectivity index (χ1n) is 13.6. The van der Waals surface area contributed by atoms with Crippen molar-refractivity contribution in [1.82, 2.24) is 0 Å². The molecule has 0 fully saturated rings. The van der Waals surface area contributed by atoms with Crippen LogP contribution < -0.4 is 10.4 Å². The van der Waals surface area contributed by atoms with E-state index in [4.69, 9.17) is 18.4 Å². The van der Waals surface area contributed by atoms with Gasteiger partial charge in [0.1, 0.15) is 41.0 Å². The number of benzene rings is 3. The van der Waals surface area contributed by atoms with E-state index in [1.54, 1.807) is 0 Å². The Morgan fingerprint density at radius 1 is 0.593 bits per heavy atom. The molecule has 0 saturated carbocycles. The topological polar surface area (TPSA) is 56.3 Å². The van der Waals surface area contributed by atoms with Crippen LogP contribution in [-0.2, 0) is 12.8 Å². The lowest BCUT2D eigenvalue weighted by molar-refractivity contribution is -0.0339. The molecule has 0 aliphatic heterocycles. The highest BCUT2D eigenvalue weighted by Crippen LogP contribution is 2.48. The minimum Gasteiger partial charge on any atom is -0.237 e. The van der Waals surface area contributed by atoms with Crippen molar-refractivity contribution < 1.29 is 70.2 Å². The van der Waals surface area contributed by atoms with Gasteiger partial charge < -0.3 is 0 Å². The summed E-state index contributed by atoms with van der Waals surface area (Å²) < 4.78 is 234. The van der Waals surface area contributed by atoms with Gasteiger partial charge in [-0.25, -0.2) is 53.6 Å². The molecule has 0 unspecified atom stereocenters. The van der Waals surface area contributed by atoms with Crippen LogP contribution in [0.25, 0.3) is 32.6 Å². The standard InChI is InChI=1S/C32H4F16N4S2/c1-51-27(16-23(39)25(41)28(52-2)26(42)24(16)40)10-4-9-15(18(10)34)29(53-31(43,44)45)8-3-7(17(33)14(8)30(9)54-32(46,47)48)11(5-49)13-21(37)19(35)12(6-50)20(36)22(13)38/h3-4H2/b11-7+,27-10-. The summed E-state index contributed by atoms with van der Waals surface area (Å²) in [7, 11) is 0. The molecule has 3 aromatic carbocycles. The molecule has 0 saturated heterocycles. The normalized spacial score (nSPS) is 15.7. The zero-order valence-corrected chi connectivity index (χ0v) is 26.7. The van der Waals surface area contributed by atoms with Crippen molar-refractivity contribution in [2.24, 2.45) is 0 Å². The smallest absolute Gasteiger partial charge is 0.237 e. The summed E-state index contributed by atoms with van der Waals surface area (Å²) >= 11 is -2.66. The number of hydrogen-bond donors (Lipinski definition) is 0. The SMILES string of the molecule is [C-]#[N+]/C(=C1/Cc2c(SC(F)(F)F)c3c(c(SC(F)(F)F)c2=C1F)C/C(=C(/C#N)c1c(F)c(F)c(C#N)c(F)c1F)C=3F)c1c(F)c(F)c([N+]#[C-])c(F)c1F. The fourth-order valence-electron chi connectivity index (χ4n) is 5.68. The van der Waals surface area contributed by atoms with E-state index in [9.17, 15) is 66.7 Å². The third-order valence-corrected chi connectivity index (χ3v) is 9.51. The number of alkyl halides is 6. The number of thioether (sulfide) groups is 2. The Morgan fingerprint density at radius 3 is 1.37 bits per heavy atom. The summed E-state index contributed by atoms with van der Waals surface area (Å²) in [5.41, 5.74) is -27.8.